The van der Waals surface area contributed by atoms with Gasteiger partial charge in [0.15, 0.2) is 0 Å². The molecule has 1 N–H and O–H groups in total. The number of nitrogens with one attached hydrogen (secondary N) is 1. The molecule has 0 radical (unpaired) electrons. The molecule has 0 aliphatic heterocycles. The van der Waals surface area contributed by atoms with Crippen molar-refractivity contribution in [2.24, 2.45) is 0 Å². The van der Waals surface area contributed by atoms with Gasteiger partial charge in [0.25, 0.3) is 0 Å². The molecule has 3 nitrogen and oxygen atoms in total. The van der Waals surface area contributed by atoms with Crippen molar-refractivity contribution in [3.63, 3.8) is 0 Å². The van der Waals surface area contributed by atoms with E-state index in [0.29, 0.717) is 0 Å². The molecule has 0 amide bonds. The summed E-state index contributed by atoms with van der Waals surface area (Å²) in [4.78, 5) is 8.56. The van der Waals surface area contributed by atoms with Gasteiger partial charge in [-0.15, -0.1) is 6.42 Å². The van der Waals surface area contributed by atoms with E-state index in [4.69, 9.17) is 6.42 Å². The predicted octanol–water partition coefficient (Wildman–Crippen LogP) is 4.44. The smallest absolute Gasteiger partial charge is 0.126 e. The third-order valence-corrected chi connectivity index (χ3v) is 3.74. The molecule has 1 unspecified atom stereocenters. The molecule has 2 heterocycles. The second kappa shape index (κ2) is 6.93. The summed E-state index contributed by atoms with van der Waals surface area (Å²) in [6, 6.07) is 12.2. The Labute approximate surface area is 140 Å². The van der Waals surface area contributed by atoms with Crippen LogP contribution >= 0.6 is 0 Å². The van der Waals surface area contributed by atoms with Crippen molar-refractivity contribution in [1.29, 1.82) is 0 Å². The van der Waals surface area contributed by atoms with E-state index < -0.39 is 0 Å². The summed E-state index contributed by atoms with van der Waals surface area (Å²) in [5.74, 6) is 3.08. The Bertz CT molecular complexity index is 865. The van der Waals surface area contributed by atoms with Gasteiger partial charge in [-0.25, -0.2) is 9.37 Å². The molecule has 3 aromatic rings. The van der Waals surface area contributed by atoms with E-state index in [-0.39, 0.29) is 11.9 Å². The number of terminal acetylenes is 1. The second-order valence-corrected chi connectivity index (χ2v) is 5.46. The predicted molar refractivity (Wildman–Crippen MR) is 93.8 cm³/mol. The standard InChI is InChI=1S/C20H16FN3/c1-3-15-10-18(12-22-11-15)17-6-9-20(23-13-17)24-14(2)16-4-7-19(21)8-5-16/h1,4-14H,2H3,(H,23,24). The van der Waals surface area contributed by atoms with Crippen LogP contribution in [0.15, 0.2) is 61.1 Å². The summed E-state index contributed by atoms with van der Waals surface area (Å²) in [7, 11) is 0. The zero-order valence-electron chi connectivity index (χ0n) is 13.2. The van der Waals surface area contributed by atoms with Crippen LogP contribution in [0.4, 0.5) is 10.2 Å². The van der Waals surface area contributed by atoms with Crippen LogP contribution in [-0.4, -0.2) is 9.97 Å². The van der Waals surface area contributed by atoms with Gasteiger partial charge in [0.05, 0.1) is 0 Å². The Morgan fingerprint density at radius 1 is 1.04 bits per heavy atom. The molecule has 24 heavy (non-hydrogen) atoms. The van der Waals surface area contributed by atoms with E-state index in [1.165, 1.54) is 12.1 Å². The third kappa shape index (κ3) is 3.58. The zero-order chi connectivity index (χ0) is 16.9. The molecule has 0 saturated carbocycles. The fraction of sp³-hybridized carbons (Fsp3) is 0.100. The summed E-state index contributed by atoms with van der Waals surface area (Å²) in [5.41, 5.74) is 3.60. The van der Waals surface area contributed by atoms with Crippen LogP contribution in [0.25, 0.3) is 11.1 Å². The van der Waals surface area contributed by atoms with Crippen LogP contribution in [0.1, 0.15) is 24.1 Å². The van der Waals surface area contributed by atoms with Gasteiger partial charge >= 0.3 is 0 Å². The van der Waals surface area contributed by atoms with E-state index in [0.717, 1.165) is 28.1 Å². The lowest BCUT2D eigenvalue weighted by Crippen LogP contribution is -2.07. The molecule has 1 aromatic carbocycles. The van der Waals surface area contributed by atoms with E-state index in [1.807, 2.05) is 25.1 Å². The number of rotatable bonds is 4. The molecule has 0 fully saturated rings. The molecule has 0 spiro atoms. The fourth-order valence-corrected chi connectivity index (χ4v) is 2.38. The molecular formula is C20H16FN3. The first-order chi connectivity index (χ1) is 11.7. The normalized spacial score (nSPS) is 11.5. The lowest BCUT2D eigenvalue weighted by molar-refractivity contribution is 0.626. The third-order valence-electron chi connectivity index (χ3n) is 3.74. The zero-order valence-corrected chi connectivity index (χ0v) is 13.2. The first kappa shape index (κ1) is 15.7. The molecule has 0 bridgehead atoms. The second-order valence-electron chi connectivity index (χ2n) is 5.46. The quantitative estimate of drug-likeness (QED) is 0.723. The maximum atomic E-state index is 13.0. The van der Waals surface area contributed by atoms with Crippen LogP contribution in [0, 0.1) is 18.2 Å². The van der Waals surface area contributed by atoms with Gasteiger partial charge in [0, 0.05) is 41.3 Å². The van der Waals surface area contributed by atoms with Crippen molar-refractivity contribution in [3.8, 4) is 23.5 Å². The summed E-state index contributed by atoms with van der Waals surface area (Å²) >= 11 is 0. The van der Waals surface area contributed by atoms with Gasteiger partial charge in [0.2, 0.25) is 0 Å². The molecule has 0 aliphatic carbocycles. The van der Waals surface area contributed by atoms with E-state index in [1.54, 1.807) is 30.7 Å². The first-order valence-electron chi connectivity index (χ1n) is 7.56. The average Bonchev–Trinajstić information content (AvgIpc) is 2.63. The number of nitrogens with zero attached hydrogens (tertiary/aromatic N) is 2. The average molecular weight is 317 g/mol. The van der Waals surface area contributed by atoms with Crippen molar-refractivity contribution >= 4 is 5.82 Å². The summed E-state index contributed by atoms with van der Waals surface area (Å²) in [5, 5.41) is 3.30. The Hall–Kier alpha value is -3.19. The summed E-state index contributed by atoms with van der Waals surface area (Å²) in [6.45, 7) is 2.00. The van der Waals surface area contributed by atoms with Gasteiger partial charge in [0.1, 0.15) is 11.6 Å². The molecule has 0 aliphatic rings. The maximum absolute atomic E-state index is 13.0. The Kier molecular flexibility index (Phi) is 4.53. The number of hydrogen-bond acceptors (Lipinski definition) is 3. The Morgan fingerprint density at radius 3 is 2.50 bits per heavy atom. The minimum Gasteiger partial charge on any atom is -0.364 e. The molecule has 3 rings (SSSR count). The highest BCUT2D eigenvalue weighted by Gasteiger charge is 2.07. The topological polar surface area (TPSA) is 37.8 Å². The number of pyridine rings is 2. The minimum absolute atomic E-state index is 0.0235. The molecule has 2 aromatic heterocycles. The number of anilines is 1. The lowest BCUT2D eigenvalue weighted by Gasteiger charge is -2.15. The van der Waals surface area contributed by atoms with Crippen LogP contribution in [-0.2, 0) is 0 Å². The molecule has 1 atom stereocenters. The van der Waals surface area contributed by atoms with Crippen molar-refractivity contribution in [2.75, 3.05) is 5.32 Å². The molecule has 4 heteroatoms. The van der Waals surface area contributed by atoms with Crippen molar-refractivity contribution in [3.05, 3.63) is 78.0 Å². The molecule has 0 saturated heterocycles. The minimum atomic E-state index is -0.240. The molecular weight excluding hydrogens is 301 g/mol. The highest BCUT2D eigenvalue weighted by Crippen LogP contribution is 2.22. The first-order valence-corrected chi connectivity index (χ1v) is 7.56. The van der Waals surface area contributed by atoms with Gasteiger partial charge in [-0.2, -0.15) is 0 Å². The number of halogens is 1. The molecule has 118 valence electrons. The maximum Gasteiger partial charge on any atom is 0.126 e. The van der Waals surface area contributed by atoms with Crippen LogP contribution in [0.3, 0.4) is 0 Å². The highest BCUT2D eigenvalue weighted by molar-refractivity contribution is 5.64. The van der Waals surface area contributed by atoms with Crippen molar-refractivity contribution in [1.82, 2.24) is 9.97 Å². The SMILES string of the molecule is C#Cc1cncc(-c2ccc(NC(C)c3ccc(F)cc3)nc2)c1. The highest BCUT2D eigenvalue weighted by atomic mass is 19.1. The van der Waals surface area contributed by atoms with Gasteiger partial charge in [-0.3, -0.25) is 4.98 Å². The number of aromatic nitrogens is 2. The fourth-order valence-electron chi connectivity index (χ4n) is 2.38. The van der Waals surface area contributed by atoms with Crippen LogP contribution in [0.2, 0.25) is 0 Å². The largest absolute Gasteiger partial charge is 0.364 e. The summed E-state index contributed by atoms with van der Waals surface area (Å²) < 4.78 is 13.0. The lowest BCUT2D eigenvalue weighted by atomic mass is 10.1. The van der Waals surface area contributed by atoms with E-state index in [2.05, 4.69) is 21.2 Å². The Balaban J connectivity index is 1.74. The van der Waals surface area contributed by atoms with Crippen molar-refractivity contribution in [2.45, 2.75) is 13.0 Å². The van der Waals surface area contributed by atoms with Gasteiger partial charge in [-0.1, -0.05) is 18.1 Å². The monoisotopic (exact) mass is 317 g/mol. The Morgan fingerprint density at radius 2 is 1.83 bits per heavy atom. The van der Waals surface area contributed by atoms with Crippen LogP contribution < -0.4 is 5.32 Å². The number of hydrogen-bond donors (Lipinski definition) is 1. The van der Waals surface area contributed by atoms with Gasteiger partial charge in [-0.05, 0) is 42.8 Å². The van der Waals surface area contributed by atoms with Crippen LogP contribution in [0.5, 0.6) is 0 Å². The van der Waals surface area contributed by atoms with Gasteiger partial charge < -0.3 is 5.32 Å². The van der Waals surface area contributed by atoms with Crippen molar-refractivity contribution < 1.29 is 4.39 Å². The number of benzene rings is 1. The van der Waals surface area contributed by atoms with E-state index in [9.17, 15) is 4.39 Å². The summed E-state index contributed by atoms with van der Waals surface area (Å²) in [6.07, 6.45) is 10.6. The van der Waals surface area contributed by atoms with E-state index >= 15 is 0 Å².